The van der Waals surface area contributed by atoms with Crippen LogP contribution in [0, 0.1) is 17.7 Å². The molecule has 0 aliphatic rings. The van der Waals surface area contributed by atoms with E-state index in [4.69, 9.17) is 10.8 Å². The molecule has 0 saturated heterocycles. The van der Waals surface area contributed by atoms with Crippen molar-refractivity contribution in [2.24, 2.45) is 17.6 Å². The van der Waals surface area contributed by atoms with Gasteiger partial charge in [0.2, 0.25) is 0 Å². The van der Waals surface area contributed by atoms with Crippen LogP contribution in [0.1, 0.15) is 38.2 Å². The maximum Gasteiger partial charge on any atom is 0.307 e. The summed E-state index contributed by atoms with van der Waals surface area (Å²) in [5.41, 5.74) is 6.61. The largest absolute Gasteiger partial charge is 0.481 e. The second-order valence-corrected chi connectivity index (χ2v) is 5.30. The van der Waals surface area contributed by atoms with Gasteiger partial charge in [-0.1, -0.05) is 31.9 Å². The second-order valence-electron chi connectivity index (χ2n) is 5.30. The normalized spacial score (nSPS) is 13.9. The summed E-state index contributed by atoms with van der Waals surface area (Å²) in [6.07, 6.45) is 4.48. The van der Waals surface area contributed by atoms with E-state index < -0.39 is 11.9 Å². The Hall–Kier alpha value is -1.42. The Morgan fingerprint density at radius 1 is 1.35 bits per heavy atom. The number of carboxylic acids is 1. The van der Waals surface area contributed by atoms with Gasteiger partial charge in [-0.15, -0.1) is 0 Å². The summed E-state index contributed by atoms with van der Waals surface area (Å²) in [7, 11) is 0. The first kappa shape index (κ1) is 16.6. The Bertz CT molecular complexity index is 405. The predicted molar refractivity (Wildman–Crippen MR) is 77.9 cm³/mol. The molecule has 0 fully saturated rings. The summed E-state index contributed by atoms with van der Waals surface area (Å²) >= 11 is 0. The molecule has 4 heteroatoms. The van der Waals surface area contributed by atoms with Gasteiger partial charge in [0.15, 0.2) is 0 Å². The Balaban J connectivity index is 2.37. The molecule has 3 N–H and O–H groups in total. The first-order valence-electron chi connectivity index (χ1n) is 7.24. The van der Waals surface area contributed by atoms with Gasteiger partial charge in [-0.05, 0) is 42.9 Å². The molecule has 0 aliphatic heterocycles. The van der Waals surface area contributed by atoms with E-state index in [9.17, 15) is 9.18 Å². The van der Waals surface area contributed by atoms with Crippen LogP contribution < -0.4 is 5.73 Å². The van der Waals surface area contributed by atoms with Crippen molar-refractivity contribution in [1.82, 2.24) is 0 Å². The maximum absolute atomic E-state index is 12.8. The van der Waals surface area contributed by atoms with E-state index in [2.05, 4.69) is 6.92 Å². The molecule has 112 valence electrons. The van der Waals surface area contributed by atoms with Crippen LogP contribution in [0.3, 0.4) is 0 Å². The van der Waals surface area contributed by atoms with E-state index in [0.29, 0.717) is 12.3 Å². The van der Waals surface area contributed by atoms with Crippen LogP contribution >= 0.6 is 0 Å². The van der Waals surface area contributed by atoms with Crippen molar-refractivity contribution in [2.75, 3.05) is 6.54 Å². The molecule has 1 rings (SSSR count). The lowest BCUT2D eigenvalue weighted by molar-refractivity contribution is -0.142. The lowest BCUT2D eigenvalue weighted by Crippen LogP contribution is -2.25. The highest BCUT2D eigenvalue weighted by Crippen LogP contribution is 2.22. The van der Waals surface area contributed by atoms with Gasteiger partial charge in [-0.25, -0.2) is 4.39 Å². The molecule has 2 unspecified atom stereocenters. The molecular formula is C16H24FNO2. The van der Waals surface area contributed by atoms with Crippen molar-refractivity contribution in [3.05, 3.63) is 35.6 Å². The number of aryl methyl sites for hydroxylation is 1. The van der Waals surface area contributed by atoms with Gasteiger partial charge in [0.25, 0.3) is 0 Å². The number of hydrogen-bond donors (Lipinski definition) is 2. The summed E-state index contributed by atoms with van der Waals surface area (Å²) in [6, 6.07) is 6.55. The highest BCUT2D eigenvalue weighted by Gasteiger charge is 2.20. The van der Waals surface area contributed by atoms with E-state index in [1.165, 1.54) is 12.1 Å². The van der Waals surface area contributed by atoms with E-state index in [-0.39, 0.29) is 12.4 Å². The van der Waals surface area contributed by atoms with E-state index in [0.717, 1.165) is 31.2 Å². The molecule has 0 amide bonds. The molecule has 0 radical (unpaired) electrons. The lowest BCUT2D eigenvalue weighted by Gasteiger charge is -2.18. The van der Waals surface area contributed by atoms with Crippen molar-refractivity contribution in [2.45, 2.75) is 39.0 Å². The van der Waals surface area contributed by atoms with Crippen molar-refractivity contribution >= 4 is 5.97 Å². The summed E-state index contributed by atoms with van der Waals surface area (Å²) in [5, 5.41) is 9.03. The minimum atomic E-state index is -0.801. The SMILES string of the molecule is CCC(CCCc1ccc(F)cc1)CC(CN)C(=O)O. The molecule has 0 heterocycles. The molecule has 0 spiro atoms. The molecule has 1 aromatic carbocycles. The van der Waals surface area contributed by atoms with Crippen LogP contribution in [0.4, 0.5) is 4.39 Å². The zero-order valence-corrected chi connectivity index (χ0v) is 12.0. The number of benzene rings is 1. The average Bonchev–Trinajstić information content (AvgIpc) is 2.44. The number of carbonyl (C=O) groups is 1. The zero-order valence-electron chi connectivity index (χ0n) is 12.0. The molecule has 1 aromatic rings. The number of aliphatic carboxylic acids is 1. The minimum absolute atomic E-state index is 0.198. The first-order valence-corrected chi connectivity index (χ1v) is 7.24. The number of halogens is 1. The Morgan fingerprint density at radius 3 is 2.50 bits per heavy atom. The van der Waals surface area contributed by atoms with Gasteiger partial charge < -0.3 is 10.8 Å². The third kappa shape index (κ3) is 5.70. The highest BCUT2D eigenvalue weighted by molar-refractivity contribution is 5.70. The molecule has 0 aromatic heterocycles. The Kier molecular flexibility index (Phi) is 7.23. The van der Waals surface area contributed by atoms with Crippen LogP contribution in [-0.4, -0.2) is 17.6 Å². The second kappa shape index (κ2) is 8.69. The van der Waals surface area contributed by atoms with E-state index in [1.54, 1.807) is 12.1 Å². The van der Waals surface area contributed by atoms with Gasteiger partial charge in [0, 0.05) is 6.54 Å². The fourth-order valence-electron chi connectivity index (χ4n) is 2.43. The van der Waals surface area contributed by atoms with Gasteiger partial charge in [0.1, 0.15) is 5.82 Å². The van der Waals surface area contributed by atoms with Crippen LogP contribution in [0.15, 0.2) is 24.3 Å². The minimum Gasteiger partial charge on any atom is -0.481 e. The fraction of sp³-hybridized carbons (Fsp3) is 0.562. The number of hydrogen-bond acceptors (Lipinski definition) is 2. The van der Waals surface area contributed by atoms with Gasteiger partial charge in [-0.2, -0.15) is 0 Å². The Morgan fingerprint density at radius 2 is 2.00 bits per heavy atom. The fourth-order valence-corrected chi connectivity index (χ4v) is 2.43. The van der Waals surface area contributed by atoms with Gasteiger partial charge >= 0.3 is 5.97 Å². The molecule has 20 heavy (non-hydrogen) atoms. The standard InChI is InChI=1S/C16H24FNO2/c1-2-12(10-14(11-18)16(19)20)4-3-5-13-6-8-15(17)9-7-13/h6-9,12,14H,2-5,10-11,18H2,1H3,(H,19,20). The van der Waals surface area contributed by atoms with Crippen molar-refractivity contribution < 1.29 is 14.3 Å². The molecule has 0 bridgehead atoms. The zero-order chi connectivity index (χ0) is 15.0. The number of rotatable bonds is 9. The van der Waals surface area contributed by atoms with Crippen LogP contribution in [-0.2, 0) is 11.2 Å². The summed E-state index contributed by atoms with van der Waals surface area (Å²) in [4.78, 5) is 11.0. The molecule has 2 atom stereocenters. The smallest absolute Gasteiger partial charge is 0.307 e. The summed E-state index contributed by atoms with van der Waals surface area (Å²) in [5.74, 6) is -1.07. The predicted octanol–water partition coefficient (Wildman–Crippen LogP) is 3.22. The average molecular weight is 281 g/mol. The molecule has 3 nitrogen and oxygen atoms in total. The summed E-state index contributed by atoms with van der Waals surface area (Å²) in [6.45, 7) is 2.28. The van der Waals surface area contributed by atoms with Crippen LogP contribution in [0.2, 0.25) is 0 Å². The van der Waals surface area contributed by atoms with Gasteiger partial charge in [-0.3, -0.25) is 4.79 Å². The number of carboxylic acid groups (broad SMARTS) is 1. The molecule has 0 aliphatic carbocycles. The third-order valence-electron chi connectivity index (χ3n) is 3.82. The first-order chi connectivity index (χ1) is 9.56. The van der Waals surface area contributed by atoms with E-state index >= 15 is 0 Å². The van der Waals surface area contributed by atoms with Crippen molar-refractivity contribution in [3.8, 4) is 0 Å². The molecule has 0 saturated carbocycles. The van der Waals surface area contributed by atoms with Crippen molar-refractivity contribution in [1.29, 1.82) is 0 Å². The molecular weight excluding hydrogens is 257 g/mol. The topological polar surface area (TPSA) is 63.3 Å². The lowest BCUT2D eigenvalue weighted by atomic mass is 9.88. The number of nitrogens with two attached hydrogens (primary N) is 1. The van der Waals surface area contributed by atoms with Crippen molar-refractivity contribution in [3.63, 3.8) is 0 Å². The quantitative estimate of drug-likeness (QED) is 0.730. The highest BCUT2D eigenvalue weighted by atomic mass is 19.1. The summed E-state index contributed by atoms with van der Waals surface area (Å²) < 4.78 is 12.8. The van der Waals surface area contributed by atoms with Gasteiger partial charge in [0.05, 0.1) is 5.92 Å². The van der Waals surface area contributed by atoms with Crippen LogP contribution in [0.5, 0.6) is 0 Å². The maximum atomic E-state index is 12.8. The Labute approximate surface area is 120 Å². The van der Waals surface area contributed by atoms with Crippen LogP contribution in [0.25, 0.3) is 0 Å². The third-order valence-corrected chi connectivity index (χ3v) is 3.82. The monoisotopic (exact) mass is 281 g/mol. The van der Waals surface area contributed by atoms with E-state index in [1.807, 2.05) is 0 Å².